The molecule has 102 valence electrons. The largest absolute Gasteiger partial charge is 0.355 e. The van der Waals surface area contributed by atoms with Crippen molar-refractivity contribution in [2.45, 2.75) is 33.1 Å². The van der Waals surface area contributed by atoms with Crippen LogP contribution in [0.5, 0.6) is 0 Å². The van der Waals surface area contributed by atoms with Crippen LogP contribution >= 0.6 is 0 Å². The Morgan fingerprint density at radius 3 is 2.95 bits per heavy atom. The number of anilines is 1. The Labute approximate surface area is 112 Å². The molecule has 3 heterocycles. The average molecular weight is 260 g/mol. The SMILES string of the molecule is CCC(CC)C1CCN(c2ccc3nnnn3n2)C1. The highest BCUT2D eigenvalue weighted by Crippen LogP contribution is 2.30. The molecule has 1 saturated heterocycles. The van der Waals surface area contributed by atoms with Gasteiger partial charge in [0.15, 0.2) is 11.5 Å². The lowest BCUT2D eigenvalue weighted by molar-refractivity contribution is 0.339. The lowest BCUT2D eigenvalue weighted by Crippen LogP contribution is -2.24. The van der Waals surface area contributed by atoms with Gasteiger partial charge in [-0.25, -0.2) is 0 Å². The van der Waals surface area contributed by atoms with Crippen molar-refractivity contribution in [1.82, 2.24) is 25.3 Å². The standard InChI is InChI=1S/C13H20N6/c1-3-10(4-2)11-7-8-18(9-11)13-6-5-12-14-16-17-19(12)15-13/h5-6,10-11H,3-4,7-9H2,1-2H3. The van der Waals surface area contributed by atoms with Crippen molar-refractivity contribution in [3.63, 3.8) is 0 Å². The van der Waals surface area contributed by atoms with Crippen LogP contribution < -0.4 is 4.90 Å². The van der Waals surface area contributed by atoms with Gasteiger partial charge in [-0.05, 0) is 40.8 Å². The first kappa shape index (κ1) is 12.3. The van der Waals surface area contributed by atoms with E-state index in [2.05, 4.69) is 39.4 Å². The quantitative estimate of drug-likeness (QED) is 0.838. The number of nitrogens with zero attached hydrogens (tertiary/aromatic N) is 6. The predicted molar refractivity (Wildman–Crippen MR) is 73.0 cm³/mol. The van der Waals surface area contributed by atoms with Crippen LogP contribution in [0, 0.1) is 11.8 Å². The van der Waals surface area contributed by atoms with E-state index in [1.165, 1.54) is 23.9 Å². The molecule has 0 saturated carbocycles. The third kappa shape index (κ3) is 2.27. The highest BCUT2D eigenvalue weighted by atomic mass is 15.6. The maximum atomic E-state index is 4.47. The Kier molecular flexibility index (Phi) is 3.31. The van der Waals surface area contributed by atoms with E-state index in [1.54, 1.807) is 0 Å². The van der Waals surface area contributed by atoms with Crippen molar-refractivity contribution < 1.29 is 0 Å². The number of tetrazole rings is 1. The molecule has 0 radical (unpaired) electrons. The summed E-state index contributed by atoms with van der Waals surface area (Å²) in [6.45, 7) is 6.78. The number of rotatable bonds is 4. The number of hydrogen-bond acceptors (Lipinski definition) is 5. The molecule has 1 aliphatic rings. The van der Waals surface area contributed by atoms with Crippen LogP contribution in [0.1, 0.15) is 33.1 Å². The molecule has 19 heavy (non-hydrogen) atoms. The normalized spacial score (nSPS) is 19.7. The topological polar surface area (TPSA) is 59.2 Å². The fraction of sp³-hybridized carbons (Fsp3) is 0.692. The first-order valence-electron chi connectivity index (χ1n) is 7.12. The summed E-state index contributed by atoms with van der Waals surface area (Å²) in [5.41, 5.74) is 0.694. The highest BCUT2D eigenvalue weighted by molar-refractivity contribution is 5.45. The minimum absolute atomic E-state index is 0.694. The highest BCUT2D eigenvalue weighted by Gasteiger charge is 2.28. The van der Waals surface area contributed by atoms with Crippen molar-refractivity contribution in [3.8, 4) is 0 Å². The lowest BCUT2D eigenvalue weighted by atomic mass is 9.87. The molecule has 0 aliphatic carbocycles. The second kappa shape index (κ2) is 5.11. The van der Waals surface area contributed by atoms with Gasteiger partial charge in [0.05, 0.1) is 0 Å². The van der Waals surface area contributed by atoms with Crippen molar-refractivity contribution in [2.24, 2.45) is 11.8 Å². The Bertz CT molecular complexity index is 547. The second-order valence-electron chi connectivity index (χ2n) is 5.29. The molecule has 0 bridgehead atoms. The van der Waals surface area contributed by atoms with Gasteiger partial charge in [0.1, 0.15) is 0 Å². The Morgan fingerprint density at radius 1 is 1.32 bits per heavy atom. The fourth-order valence-corrected chi connectivity index (χ4v) is 3.14. The number of hydrogen-bond donors (Lipinski definition) is 0. The molecule has 1 aliphatic heterocycles. The zero-order valence-corrected chi connectivity index (χ0v) is 11.5. The van der Waals surface area contributed by atoms with E-state index < -0.39 is 0 Å². The number of aromatic nitrogens is 5. The Hall–Kier alpha value is -1.72. The zero-order chi connectivity index (χ0) is 13.2. The van der Waals surface area contributed by atoms with E-state index in [-0.39, 0.29) is 0 Å². The first-order chi connectivity index (χ1) is 9.31. The molecule has 0 amide bonds. The lowest BCUT2D eigenvalue weighted by Gasteiger charge is -2.21. The Balaban J connectivity index is 1.76. The number of fused-ring (bicyclic) bond motifs is 1. The molecule has 1 fully saturated rings. The van der Waals surface area contributed by atoms with E-state index in [0.29, 0.717) is 5.65 Å². The molecule has 2 aromatic rings. The average Bonchev–Trinajstić information content (AvgIpc) is 3.08. The van der Waals surface area contributed by atoms with E-state index in [4.69, 9.17) is 0 Å². The summed E-state index contributed by atoms with van der Waals surface area (Å²) >= 11 is 0. The molecular weight excluding hydrogens is 240 g/mol. The molecule has 2 aromatic heterocycles. The summed E-state index contributed by atoms with van der Waals surface area (Å²) in [7, 11) is 0. The second-order valence-corrected chi connectivity index (χ2v) is 5.29. The van der Waals surface area contributed by atoms with Crippen LogP contribution in [0.4, 0.5) is 5.82 Å². The van der Waals surface area contributed by atoms with Gasteiger partial charge in [-0.3, -0.25) is 0 Å². The monoisotopic (exact) mass is 260 g/mol. The van der Waals surface area contributed by atoms with Gasteiger partial charge in [0.2, 0.25) is 0 Å². The van der Waals surface area contributed by atoms with Crippen molar-refractivity contribution in [2.75, 3.05) is 18.0 Å². The van der Waals surface area contributed by atoms with E-state index >= 15 is 0 Å². The van der Waals surface area contributed by atoms with Gasteiger partial charge < -0.3 is 4.90 Å². The molecule has 0 spiro atoms. The molecule has 6 heteroatoms. The fourth-order valence-electron chi connectivity index (χ4n) is 3.14. The zero-order valence-electron chi connectivity index (χ0n) is 11.5. The molecule has 1 unspecified atom stereocenters. The van der Waals surface area contributed by atoms with Crippen LogP contribution in [-0.2, 0) is 0 Å². The summed E-state index contributed by atoms with van der Waals surface area (Å²) in [6.07, 6.45) is 3.81. The maximum absolute atomic E-state index is 4.47. The minimum atomic E-state index is 0.694. The van der Waals surface area contributed by atoms with Gasteiger partial charge in [0.25, 0.3) is 0 Å². The van der Waals surface area contributed by atoms with Crippen molar-refractivity contribution in [1.29, 1.82) is 0 Å². The van der Waals surface area contributed by atoms with Crippen LogP contribution in [-0.4, -0.2) is 38.3 Å². The van der Waals surface area contributed by atoms with Crippen LogP contribution in [0.2, 0.25) is 0 Å². The predicted octanol–water partition coefficient (Wildman–Crippen LogP) is 1.78. The van der Waals surface area contributed by atoms with Crippen molar-refractivity contribution in [3.05, 3.63) is 12.1 Å². The van der Waals surface area contributed by atoms with E-state index in [9.17, 15) is 0 Å². The summed E-state index contributed by atoms with van der Waals surface area (Å²) < 4.78 is 1.50. The molecule has 0 N–H and O–H groups in total. The maximum Gasteiger partial charge on any atom is 0.200 e. The van der Waals surface area contributed by atoms with E-state index in [0.717, 1.165) is 30.7 Å². The Morgan fingerprint density at radius 2 is 2.16 bits per heavy atom. The first-order valence-corrected chi connectivity index (χ1v) is 7.12. The van der Waals surface area contributed by atoms with Crippen LogP contribution in [0.15, 0.2) is 12.1 Å². The van der Waals surface area contributed by atoms with Gasteiger partial charge in [-0.2, -0.15) is 0 Å². The van der Waals surface area contributed by atoms with Gasteiger partial charge in [0, 0.05) is 13.1 Å². The van der Waals surface area contributed by atoms with Crippen LogP contribution in [0.3, 0.4) is 0 Å². The van der Waals surface area contributed by atoms with Gasteiger partial charge >= 0.3 is 0 Å². The van der Waals surface area contributed by atoms with Crippen LogP contribution in [0.25, 0.3) is 5.65 Å². The molecular formula is C13H20N6. The molecule has 0 aromatic carbocycles. The third-order valence-corrected chi connectivity index (χ3v) is 4.32. The van der Waals surface area contributed by atoms with E-state index in [1.807, 2.05) is 12.1 Å². The summed E-state index contributed by atoms with van der Waals surface area (Å²) in [5, 5.41) is 15.8. The molecule has 3 rings (SSSR count). The third-order valence-electron chi connectivity index (χ3n) is 4.32. The minimum Gasteiger partial charge on any atom is -0.355 e. The van der Waals surface area contributed by atoms with Gasteiger partial charge in [-0.15, -0.1) is 14.8 Å². The molecule has 6 nitrogen and oxygen atoms in total. The smallest absolute Gasteiger partial charge is 0.200 e. The van der Waals surface area contributed by atoms with Crippen molar-refractivity contribution >= 4 is 11.5 Å². The summed E-state index contributed by atoms with van der Waals surface area (Å²) in [5.74, 6) is 2.61. The molecule has 1 atom stereocenters. The summed E-state index contributed by atoms with van der Waals surface area (Å²) in [6, 6.07) is 3.94. The van der Waals surface area contributed by atoms with Gasteiger partial charge in [-0.1, -0.05) is 26.7 Å². The summed E-state index contributed by atoms with van der Waals surface area (Å²) in [4.78, 5) is 2.35.